The van der Waals surface area contributed by atoms with Crippen LogP contribution in [0.3, 0.4) is 0 Å². The Labute approximate surface area is 130 Å². The van der Waals surface area contributed by atoms with Gasteiger partial charge in [0.05, 0.1) is 4.92 Å². The van der Waals surface area contributed by atoms with Crippen molar-refractivity contribution in [3.63, 3.8) is 0 Å². The molecular formula is C16H24N2O2S. The van der Waals surface area contributed by atoms with E-state index in [4.69, 9.17) is 0 Å². The van der Waals surface area contributed by atoms with Gasteiger partial charge in [-0.2, -0.15) is 0 Å². The lowest BCUT2D eigenvalue weighted by atomic mass is 10.00. The zero-order chi connectivity index (χ0) is 15.1. The molecule has 1 atom stereocenters. The third-order valence-corrected chi connectivity index (χ3v) is 5.23. The molecule has 21 heavy (non-hydrogen) atoms. The van der Waals surface area contributed by atoms with Gasteiger partial charge in [-0.3, -0.25) is 10.1 Å². The standard InChI is InChI=1S/C16H24N2O2S/c1-2-11-17-16(13-5-3-4-6-13)12-21-15-9-7-14(8-10-15)18(19)20/h7-10,13,16-17H,2-6,11-12H2,1H3. The van der Waals surface area contributed by atoms with Gasteiger partial charge >= 0.3 is 0 Å². The smallest absolute Gasteiger partial charge is 0.269 e. The summed E-state index contributed by atoms with van der Waals surface area (Å²) in [6.45, 7) is 3.27. The van der Waals surface area contributed by atoms with Crippen molar-refractivity contribution in [1.29, 1.82) is 0 Å². The molecular weight excluding hydrogens is 284 g/mol. The molecule has 1 fully saturated rings. The highest BCUT2D eigenvalue weighted by atomic mass is 32.2. The minimum atomic E-state index is -0.349. The number of benzene rings is 1. The third kappa shape index (κ3) is 5.00. The Morgan fingerprint density at radius 2 is 2.00 bits per heavy atom. The van der Waals surface area contributed by atoms with Crippen LogP contribution in [0.5, 0.6) is 0 Å². The van der Waals surface area contributed by atoms with E-state index >= 15 is 0 Å². The average Bonchev–Trinajstić information content (AvgIpc) is 3.02. The third-order valence-electron chi connectivity index (χ3n) is 4.10. The molecule has 1 saturated carbocycles. The molecule has 0 amide bonds. The summed E-state index contributed by atoms with van der Waals surface area (Å²) in [4.78, 5) is 11.4. The Morgan fingerprint density at radius 1 is 1.33 bits per heavy atom. The van der Waals surface area contributed by atoms with E-state index in [-0.39, 0.29) is 10.6 Å². The number of nitro benzene ring substituents is 1. The summed E-state index contributed by atoms with van der Waals surface area (Å²) in [5, 5.41) is 14.3. The van der Waals surface area contributed by atoms with Crippen molar-refractivity contribution in [2.75, 3.05) is 12.3 Å². The van der Waals surface area contributed by atoms with Crippen LogP contribution in [0.4, 0.5) is 5.69 Å². The molecule has 0 bridgehead atoms. The van der Waals surface area contributed by atoms with Gasteiger partial charge in [0.15, 0.2) is 0 Å². The molecule has 0 saturated heterocycles. The van der Waals surface area contributed by atoms with Crippen molar-refractivity contribution in [2.24, 2.45) is 5.92 Å². The summed E-state index contributed by atoms with van der Waals surface area (Å²) >= 11 is 1.80. The fraction of sp³-hybridized carbons (Fsp3) is 0.625. The quantitative estimate of drug-likeness (QED) is 0.443. The Morgan fingerprint density at radius 3 is 2.57 bits per heavy atom. The van der Waals surface area contributed by atoms with Crippen LogP contribution < -0.4 is 5.32 Å². The van der Waals surface area contributed by atoms with Crippen LogP contribution >= 0.6 is 11.8 Å². The van der Waals surface area contributed by atoms with Crippen LogP contribution in [-0.4, -0.2) is 23.3 Å². The van der Waals surface area contributed by atoms with Gasteiger partial charge in [-0.15, -0.1) is 11.8 Å². The lowest BCUT2D eigenvalue weighted by Crippen LogP contribution is -2.37. The molecule has 0 heterocycles. The van der Waals surface area contributed by atoms with Gasteiger partial charge in [0.25, 0.3) is 5.69 Å². The van der Waals surface area contributed by atoms with Crippen molar-refractivity contribution in [2.45, 2.75) is 50.0 Å². The highest BCUT2D eigenvalue weighted by Crippen LogP contribution is 2.31. The summed E-state index contributed by atoms with van der Waals surface area (Å²) in [7, 11) is 0. The molecule has 2 rings (SSSR count). The molecule has 1 aromatic rings. The van der Waals surface area contributed by atoms with Crippen LogP contribution in [-0.2, 0) is 0 Å². The van der Waals surface area contributed by atoms with Gasteiger partial charge in [-0.05, 0) is 43.9 Å². The molecule has 0 spiro atoms. The number of non-ortho nitro benzene ring substituents is 1. The maximum absolute atomic E-state index is 10.7. The Hall–Kier alpha value is -1.07. The van der Waals surface area contributed by atoms with Gasteiger partial charge in [0.2, 0.25) is 0 Å². The molecule has 0 aliphatic heterocycles. The Balaban J connectivity index is 1.89. The maximum Gasteiger partial charge on any atom is 0.269 e. The highest BCUT2D eigenvalue weighted by Gasteiger charge is 2.24. The number of rotatable bonds is 8. The van der Waals surface area contributed by atoms with E-state index in [2.05, 4.69) is 12.2 Å². The van der Waals surface area contributed by atoms with Crippen molar-refractivity contribution in [3.8, 4) is 0 Å². The number of hydrogen-bond donors (Lipinski definition) is 1. The second-order valence-corrected chi connectivity index (χ2v) is 6.76. The SMILES string of the molecule is CCCNC(CSc1ccc([N+](=O)[O-])cc1)C1CCCC1. The zero-order valence-electron chi connectivity index (χ0n) is 12.6. The molecule has 1 N–H and O–H groups in total. The normalized spacial score (nSPS) is 17.0. The predicted octanol–water partition coefficient (Wildman–Crippen LogP) is 4.25. The van der Waals surface area contributed by atoms with Crippen LogP contribution in [0.15, 0.2) is 29.2 Å². The van der Waals surface area contributed by atoms with E-state index in [9.17, 15) is 10.1 Å². The van der Waals surface area contributed by atoms with Crippen LogP contribution in [0, 0.1) is 16.0 Å². The predicted molar refractivity (Wildman–Crippen MR) is 87.9 cm³/mol. The number of nitro groups is 1. The lowest BCUT2D eigenvalue weighted by molar-refractivity contribution is -0.384. The first-order valence-corrected chi connectivity index (χ1v) is 8.80. The van der Waals surface area contributed by atoms with Crippen molar-refractivity contribution >= 4 is 17.4 Å². The fourth-order valence-electron chi connectivity index (χ4n) is 2.90. The Kier molecular flexibility index (Phi) is 6.51. The minimum absolute atomic E-state index is 0.163. The maximum atomic E-state index is 10.7. The van der Waals surface area contributed by atoms with Crippen LogP contribution in [0.25, 0.3) is 0 Å². The first-order valence-electron chi connectivity index (χ1n) is 7.81. The summed E-state index contributed by atoms with van der Waals surface area (Å²) in [6, 6.07) is 7.45. The average molecular weight is 308 g/mol. The number of thioether (sulfide) groups is 1. The number of nitrogens with one attached hydrogen (secondary N) is 1. The number of hydrogen-bond acceptors (Lipinski definition) is 4. The number of nitrogens with zero attached hydrogens (tertiary/aromatic N) is 1. The lowest BCUT2D eigenvalue weighted by Gasteiger charge is -2.24. The molecule has 116 valence electrons. The summed E-state index contributed by atoms with van der Waals surface area (Å²) in [5.41, 5.74) is 0.163. The van der Waals surface area contributed by atoms with E-state index in [0.717, 1.165) is 29.5 Å². The first kappa shape index (κ1) is 16.3. The minimum Gasteiger partial charge on any atom is -0.313 e. The molecule has 0 radical (unpaired) electrons. The van der Waals surface area contributed by atoms with Crippen LogP contribution in [0.1, 0.15) is 39.0 Å². The summed E-state index contributed by atoms with van der Waals surface area (Å²) in [6.07, 6.45) is 6.55. The van der Waals surface area contributed by atoms with Crippen molar-refractivity contribution in [3.05, 3.63) is 34.4 Å². The Bertz CT molecular complexity index is 444. The van der Waals surface area contributed by atoms with Crippen molar-refractivity contribution < 1.29 is 4.92 Å². The van der Waals surface area contributed by atoms with E-state index in [1.165, 1.54) is 25.7 Å². The first-order chi connectivity index (χ1) is 10.2. The fourth-order valence-corrected chi connectivity index (χ4v) is 3.99. The second kappa shape index (κ2) is 8.39. The molecule has 1 aliphatic carbocycles. The molecule has 0 aromatic heterocycles. The van der Waals surface area contributed by atoms with Gasteiger partial charge in [0, 0.05) is 28.8 Å². The zero-order valence-corrected chi connectivity index (χ0v) is 13.4. The van der Waals surface area contributed by atoms with E-state index in [1.54, 1.807) is 23.9 Å². The van der Waals surface area contributed by atoms with E-state index in [1.807, 2.05) is 12.1 Å². The molecule has 5 heteroatoms. The molecule has 1 aromatic carbocycles. The molecule has 1 unspecified atom stereocenters. The molecule has 1 aliphatic rings. The van der Waals surface area contributed by atoms with Gasteiger partial charge in [0.1, 0.15) is 0 Å². The topological polar surface area (TPSA) is 55.2 Å². The second-order valence-electron chi connectivity index (χ2n) is 5.67. The van der Waals surface area contributed by atoms with Gasteiger partial charge < -0.3 is 5.32 Å². The largest absolute Gasteiger partial charge is 0.313 e. The molecule has 4 nitrogen and oxygen atoms in total. The summed E-state index contributed by atoms with van der Waals surface area (Å²) < 4.78 is 0. The van der Waals surface area contributed by atoms with Gasteiger partial charge in [-0.1, -0.05) is 19.8 Å². The van der Waals surface area contributed by atoms with Crippen molar-refractivity contribution in [1.82, 2.24) is 5.32 Å². The monoisotopic (exact) mass is 308 g/mol. The summed E-state index contributed by atoms with van der Waals surface area (Å²) in [5.74, 6) is 1.84. The van der Waals surface area contributed by atoms with E-state index in [0.29, 0.717) is 6.04 Å². The van der Waals surface area contributed by atoms with Gasteiger partial charge in [-0.25, -0.2) is 0 Å². The van der Waals surface area contributed by atoms with E-state index < -0.39 is 0 Å². The highest BCUT2D eigenvalue weighted by molar-refractivity contribution is 7.99. The van der Waals surface area contributed by atoms with Crippen LogP contribution in [0.2, 0.25) is 0 Å².